The highest BCUT2D eigenvalue weighted by atomic mass is 32.1. The number of methoxy groups -OCH3 is 1. The van der Waals surface area contributed by atoms with Crippen molar-refractivity contribution in [1.82, 2.24) is 15.0 Å². The first kappa shape index (κ1) is 22.4. The maximum Gasteiger partial charge on any atom is 0.240 e. The van der Waals surface area contributed by atoms with E-state index in [0.717, 1.165) is 54.4 Å². The fraction of sp³-hybridized carbons (Fsp3) is 0.370. The molecule has 0 unspecified atom stereocenters. The molecule has 0 radical (unpaired) electrons. The summed E-state index contributed by atoms with van der Waals surface area (Å²) in [6.07, 6.45) is 5.40. The number of rotatable bonds is 9. The van der Waals surface area contributed by atoms with Gasteiger partial charge in [-0.1, -0.05) is 51.1 Å². The average Bonchev–Trinajstić information content (AvgIpc) is 3.25. The topological polar surface area (TPSA) is 47.9 Å². The quantitative estimate of drug-likeness (QED) is 0.281. The number of para-hydroxylation sites is 2. The summed E-state index contributed by atoms with van der Waals surface area (Å²) in [6, 6.07) is 16.5. The molecule has 0 aliphatic rings. The largest absolute Gasteiger partial charge is 0.479 e. The molecular formula is C27H31N3OS. The fourth-order valence-electron chi connectivity index (χ4n) is 4.13. The number of ether oxygens (including phenoxy) is 1. The van der Waals surface area contributed by atoms with Gasteiger partial charge in [-0.3, -0.25) is 0 Å². The molecule has 2 heterocycles. The molecule has 4 nitrogen and oxygen atoms in total. The van der Waals surface area contributed by atoms with Gasteiger partial charge >= 0.3 is 0 Å². The lowest BCUT2D eigenvalue weighted by atomic mass is 9.82. The molecule has 4 aromatic rings. The van der Waals surface area contributed by atoms with E-state index in [-0.39, 0.29) is 5.41 Å². The number of benzene rings is 2. The van der Waals surface area contributed by atoms with Crippen LogP contribution >= 0.6 is 11.3 Å². The Hall–Kier alpha value is -2.79. The molecule has 0 saturated heterocycles. The van der Waals surface area contributed by atoms with Crippen molar-refractivity contribution in [1.29, 1.82) is 0 Å². The zero-order chi connectivity index (χ0) is 22.6. The molecule has 0 aliphatic heterocycles. The fourth-order valence-corrected chi connectivity index (χ4v) is 4.88. The number of aryl methyl sites for hydroxylation is 2. The van der Waals surface area contributed by atoms with E-state index in [4.69, 9.17) is 14.7 Å². The lowest BCUT2D eigenvalue weighted by molar-refractivity contribution is 0.320. The van der Waals surface area contributed by atoms with E-state index in [1.165, 1.54) is 16.3 Å². The molecule has 0 saturated carbocycles. The van der Waals surface area contributed by atoms with Crippen LogP contribution in [0, 0.1) is 5.41 Å². The Balaban J connectivity index is 1.45. The summed E-state index contributed by atoms with van der Waals surface area (Å²) >= 11 is 1.78. The highest BCUT2D eigenvalue weighted by Crippen LogP contribution is 2.31. The van der Waals surface area contributed by atoms with Crippen molar-refractivity contribution in [2.45, 2.75) is 52.9 Å². The summed E-state index contributed by atoms with van der Waals surface area (Å²) < 4.78 is 5.56. The van der Waals surface area contributed by atoms with Gasteiger partial charge in [0, 0.05) is 10.9 Å². The number of hydrogen-bond acceptors (Lipinski definition) is 5. The Labute approximate surface area is 194 Å². The predicted molar refractivity (Wildman–Crippen MR) is 133 cm³/mol. The van der Waals surface area contributed by atoms with Crippen LogP contribution in [0.1, 0.15) is 49.9 Å². The number of nitrogens with zero attached hydrogens (tertiary/aromatic N) is 3. The van der Waals surface area contributed by atoms with Gasteiger partial charge in [0.2, 0.25) is 5.88 Å². The van der Waals surface area contributed by atoms with Crippen LogP contribution in [0.15, 0.2) is 53.9 Å². The van der Waals surface area contributed by atoms with Crippen molar-refractivity contribution < 1.29 is 4.74 Å². The molecule has 2 aromatic heterocycles. The summed E-state index contributed by atoms with van der Waals surface area (Å²) in [5.74, 6) is 0.566. The highest BCUT2D eigenvalue weighted by molar-refractivity contribution is 7.09. The zero-order valence-corrected chi connectivity index (χ0v) is 20.2. The van der Waals surface area contributed by atoms with E-state index in [1.807, 2.05) is 24.3 Å². The second-order valence-electron chi connectivity index (χ2n) is 9.05. The van der Waals surface area contributed by atoms with Crippen molar-refractivity contribution >= 4 is 22.4 Å². The smallest absolute Gasteiger partial charge is 0.240 e. The first-order valence-corrected chi connectivity index (χ1v) is 12.2. The van der Waals surface area contributed by atoms with Gasteiger partial charge in [-0.15, -0.1) is 11.3 Å². The molecule has 0 atom stereocenters. The second-order valence-corrected chi connectivity index (χ2v) is 9.99. The number of fused-ring (bicyclic) bond motifs is 1. The Morgan fingerprint density at radius 2 is 1.75 bits per heavy atom. The van der Waals surface area contributed by atoms with E-state index in [9.17, 15) is 0 Å². The maximum atomic E-state index is 5.56. The van der Waals surface area contributed by atoms with Crippen molar-refractivity contribution in [3.05, 3.63) is 70.2 Å². The van der Waals surface area contributed by atoms with Gasteiger partial charge < -0.3 is 4.74 Å². The minimum atomic E-state index is 0.240. The Bertz CT molecular complexity index is 1200. The standard InChI is InChI=1S/C27H31N3OS/c1-5-24-28-21(18-32-24)17-27(2,3)15-9-11-19-10-8-12-20(16-19)25-26(31-4)30-23-14-7-6-13-22(23)29-25/h6-8,10,12-14,16,18H,5,9,11,15,17H2,1-4H3. The molecule has 4 rings (SSSR count). The average molecular weight is 446 g/mol. The van der Waals surface area contributed by atoms with Crippen molar-refractivity contribution in [3.63, 3.8) is 0 Å². The Morgan fingerprint density at radius 1 is 0.969 bits per heavy atom. The lowest BCUT2D eigenvalue weighted by Gasteiger charge is -2.23. The molecule has 0 bridgehead atoms. The summed E-state index contributed by atoms with van der Waals surface area (Å²) in [5.41, 5.74) is 6.36. The molecule has 5 heteroatoms. The normalized spacial score (nSPS) is 11.8. The van der Waals surface area contributed by atoms with E-state index < -0.39 is 0 Å². The third kappa shape index (κ3) is 5.33. The van der Waals surface area contributed by atoms with Gasteiger partial charge in [-0.25, -0.2) is 15.0 Å². The van der Waals surface area contributed by atoms with Gasteiger partial charge in [-0.2, -0.15) is 0 Å². The molecule has 0 N–H and O–H groups in total. The van der Waals surface area contributed by atoms with Gasteiger partial charge in [0.05, 0.1) is 28.8 Å². The van der Waals surface area contributed by atoms with Crippen molar-refractivity contribution in [2.75, 3.05) is 7.11 Å². The lowest BCUT2D eigenvalue weighted by Crippen LogP contribution is -2.15. The monoisotopic (exact) mass is 445 g/mol. The van der Waals surface area contributed by atoms with Crippen LogP contribution in [0.5, 0.6) is 5.88 Å². The van der Waals surface area contributed by atoms with E-state index in [2.05, 4.69) is 55.4 Å². The molecule has 0 aliphatic carbocycles. The van der Waals surface area contributed by atoms with Crippen molar-refractivity contribution in [3.8, 4) is 17.1 Å². The highest BCUT2D eigenvalue weighted by Gasteiger charge is 2.20. The van der Waals surface area contributed by atoms with E-state index in [1.54, 1.807) is 18.4 Å². The van der Waals surface area contributed by atoms with Gasteiger partial charge in [-0.05, 0) is 61.3 Å². The molecule has 2 aromatic carbocycles. The van der Waals surface area contributed by atoms with E-state index >= 15 is 0 Å². The third-order valence-electron chi connectivity index (χ3n) is 5.81. The number of thiazole rings is 1. The zero-order valence-electron chi connectivity index (χ0n) is 19.4. The Kier molecular flexibility index (Phi) is 6.85. The summed E-state index contributed by atoms with van der Waals surface area (Å²) in [6.45, 7) is 6.87. The van der Waals surface area contributed by atoms with Crippen LogP contribution in [-0.2, 0) is 19.3 Å². The van der Waals surface area contributed by atoms with Crippen molar-refractivity contribution in [2.24, 2.45) is 5.41 Å². The molecule has 166 valence electrons. The summed E-state index contributed by atoms with van der Waals surface area (Å²) in [4.78, 5) is 14.2. The minimum absolute atomic E-state index is 0.240. The minimum Gasteiger partial charge on any atom is -0.479 e. The Morgan fingerprint density at radius 3 is 2.47 bits per heavy atom. The van der Waals surface area contributed by atoms with Gasteiger partial charge in [0.25, 0.3) is 0 Å². The summed E-state index contributed by atoms with van der Waals surface area (Å²) in [7, 11) is 1.65. The number of aromatic nitrogens is 3. The van der Waals surface area contributed by atoms with Gasteiger partial charge in [0.15, 0.2) is 0 Å². The number of hydrogen-bond donors (Lipinski definition) is 0. The maximum absolute atomic E-state index is 5.56. The first-order valence-electron chi connectivity index (χ1n) is 11.3. The van der Waals surface area contributed by atoms with Crippen LogP contribution in [0.2, 0.25) is 0 Å². The van der Waals surface area contributed by atoms with Crippen LogP contribution in [0.4, 0.5) is 0 Å². The predicted octanol–water partition coefficient (Wildman–Crippen LogP) is 6.92. The van der Waals surface area contributed by atoms with Crippen LogP contribution in [0.25, 0.3) is 22.3 Å². The van der Waals surface area contributed by atoms with Crippen LogP contribution in [-0.4, -0.2) is 22.1 Å². The molecule has 0 fully saturated rings. The first-order chi connectivity index (χ1) is 15.5. The second kappa shape index (κ2) is 9.78. The van der Waals surface area contributed by atoms with Gasteiger partial charge in [0.1, 0.15) is 5.69 Å². The SMILES string of the molecule is CCc1nc(CC(C)(C)CCCc2cccc(-c3nc4ccccc4nc3OC)c2)cs1. The third-order valence-corrected chi connectivity index (χ3v) is 6.85. The summed E-state index contributed by atoms with van der Waals surface area (Å²) in [5, 5.41) is 3.46. The van der Waals surface area contributed by atoms with Crippen LogP contribution < -0.4 is 4.74 Å². The van der Waals surface area contributed by atoms with E-state index in [0.29, 0.717) is 5.88 Å². The molecule has 0 spiro atoms. The molecule has 32 heavy (non-hydrogen) atoms. The van der Waals surface area contributed by atoms with Crippen LogP contribution in [0.3, 0.4) is 0 Å². The molecular weight excluding hydrogens is 414 g/mol. The molecule has 0 amide bonds.